The van der Waals surface area contributed by atoms with Crippen molar-refractivity contribution >= 4 is 5.91 Å². The maximum Gasteiger partial charge on any atom is 0.236 e. The zero-order valence-electron chi connectivity index (χ0n) is 10.3. The zero-order chi connectivity index (χ0) is 12.3. The van der Waals surface area contributed by atoms with Gasteiger partial charge in [0.05, 0.1) is 6.04 Å². The van der Waals surface area contributed by atoms with Gasteiger partial charge in [-0.2, -0.15) is 0 Å². The zero-order valence-corrected chi connectivity index (χ0v) is 10.3. The van der Waals surface area contributed by atoms with Crippen LogP contribution in [0.5, 0.6) is 0 Å². The lowest BCUT2D eigenvalue weighted by Gasteiger charge is -2.42. The Morgan fingerprint density at radius 2 is 2.06 bits per heavy atom. The summed E-state index contributed by atoms with van der Waals surface area (Å²) >= 11 is 0. The van der Waals surface area contributed by atoms with E-state index in [1.807, 2.05) is 6.07 Å². The number of carbonyl (C=O) groups is 1. The molecular formula is C14H20N2O. The first-order chi connectivity index (χ1) is 8.14. The number of hydrogen-bond donors (Lipinski definition) is 2. The number of nitrogens with two attached hydrogens (primary N) is 1. The second kappa shape index (κ2) is 4.88. The maximum atomic E-state index is 11.5. The minimum Gasteiger partial charge on any atom is -0.354 e. The number of rotatable bonds is 4. The van der Waals surface area contributed by atoms with Gasteiger partial charge in [-0.25, -0.2) is 0 Å². The highest BCUT2D eigenvalue weighted by Crippen LogP contribution is 2.43. The van der Waals surface area contributed by atoms with Gasteiger partial charge in [-0.15, -0.1) is 0 Å². The molecule has 1 aliphatic carbocycles. The number of nitrogens with one attached hydrogen (secondary N) is 1. The van der Waals surface area contributed by atoms with E-state index in [9.17, 15) is 4.79 Å². The topological polar surface area (TPSA) is 55.1 Å². The molecule has 1 amide bonds. The molecule has 0 spiro atoms. The fourth-order valence-electron chi connectivity index (χ4n) is 2.38. The number of hydrogen-bond acceptors (Lipinski definition) is 2. The van der Waals surface area contributed by atoms with Crippen molar-refractivity contribution < 1.29 is 4.79 Å². The Kier molecular flexibility index (Phi) is 3.48. The molecule has 3 heteroatoms. The highest BCUT2D eigenvalue weighted by molar-refractivity contribution is 5.81. The van der Waals surface area contributed by atoms with Crippen LogP contribution >= 0.6 is 0 Å². The van der Waals surface area contributed by atoms with E-state index >= 15 is 0 Å². The van der Waals surface area contributed by atoms with Gasteiger partial charge in [-0.3, -0.25) is 4.79 Å². The third-order valence-corrected chi connectivity index (χ3v) is 3.71. The van der Waals surface area contributed by atoms with Crippen LogP contribution in [0.1, 0.15) is 31.7 Å². The van der Waals surface area contributed by atoms with E-state index < -0.39 is 6.04 Å². The van der Waals surface area contributed by atoms with Crippen LogP contribution in [-0.2, 0) is 10.2 Å². The monoisotopic (exact) mass is 232 g/mol. The quantitative estimate of drug-likeness (QED) is 0.828. The van der Waals surface area contributed by atoms with E-state index in [4.69, 9.17) is 5.73 Å². The molecule has 1 aromatic carbocycles. The SMILES string of the molecule is C[C@@H](N)C(=O)NCC1(c2ccccc2)CCC1. The molecule has 17 heavy (non-hydrogen) atoms. The van der Waals surface area contributed by atoms with Crippen LogP contribution in [0.2, 0.25) is 0 Å². The van der Waals surface area contributed by atoms with Crippen LogP contribution in [0, 0.1) is 0 Å². The summed E-state index contributed by atoms with van der Waals surface area (Å²) in [7, 11) is 0. The van der Waals surface area contributed by atoms with E-state index in [2.05, 4.69) is 29.6 Å². The Hall–Kier alpha value is -1.35. The van der Waals surface area contributed by atoms with Gasteiger partial charge in [0, 0.05) is 12.0 Å². The smallest absolute Gasteiger partial charge is 0.236 e. The van der Waals surface area contributed by atoms with Crippen molar-refractivity contribution in [2.45, 2.75) is 37.6 Å². The van der Waals surface area contributed by atoms with E-state index in [-0.39, 0.29) is 11.3 Å². The molecule has 1 saturated carbocycles. The number of amides is 1. The van der Waals surface area contributed by atoms with E-state index in [1.54, 1.807) is 6.92 Å². The van der Waals surface area contributed by atoms with Gasteiger partial charge in [0.15, 0.2) is 0 Å². The summed E-state index contributed by atoms with van der Waals surface area (Å²) in [4.78, 5) is 11.5. The molecule has 3 nitrogen and oxygen atoms in total. The van der Waals surface area contributed by atoms with Crippen molar-refractivity contribution in [3.63, 3.8) is 0 Å². The van der Waals surface area contributed by atoms with Gasteiger partial charge in [-0.05, 0) is 25.3 Å². The largest absolute Gasteiger partial charge is 0.354 e. The molecule has 0 heterocycles. The molecule has 0 saturated heterocycles. The minimum atomic E-state index is -0.428. The van der Waals surface area contributed by atoms with Crippen molar-refractivity contribution in [2.24, 2.45) is 5.73 Å². The average molecular weight is 232 g/mol. The summed E-state index contributed by atoms with van der Waals surface area (Å²) in [5, 5.41) is 2.96. The fraction of sp³-hybridized carbons (Fsp3) is 0.500. The van der Waals surface area contributed by atoms with E-state index in [1.165, 1.54) is 12.0 Å². The van der Waals surface area contributed by atoms with Gasteiger partial charge >= 0.3 is 0 Å². The first kappa shape index (κ1) is 12.1. The molecule has 1 atom stereocenters. The second-order valence-electron chi connectivity index (χ2n) is 5.01. The van der Waals surface area contributed by atoms with Crippen molar-refractivity contribution in [1.29, 1.82) is 0 Å². The summed E-state index contributed by atoms with van der Waals surface area (Å²) < 4.78 is 0. The number of carbonyl (C=O) groups excluding carboxylic acids is 1. The van der Waals surface area contributed by atoms with Crippen LogP contribution in [0.25, 0.3) is 0 Å². The molecule has 0 aromatic heterocycles. The van der Waals surface area contributed by atoms with Crippen LogP contribution in [-0.4, -0.2) is 18.5 Å². The van der Waals surface area contributed by atoms with Crippen LogP contribution < -0.4 is 11.1 Å². The second-order valence-corrected chi connectivity index (χ2v) is 5.01. The Morgan fingerprint density at radius 1 is 1.41 bits per heavy atom. The van der Waals surface area contributed by atoms with Gasteiger partial charge < -0.3 is 11.1 Å². The van der Waals surface area contributed by atoms with Crippen molar-refractivity contribution in [3.05, 3.63) is 35.9 Å². The molecule has 3 N–H and O–H groups in total. The molecule has 0 unspecified atom stereocenters. The Bertz CT molecular complexity index is 382. The Morgan fingerprint density at radius 3 is 2.53 bits per heavy atom. The predicted octanol–water partition coefficient (Wildman–Crippen LogP) is 1.57. The third kappa shape index (κ3) is 2.50. The van der Waals surface area contributed by atoms with Gasteiger partial charge in [0.1, 0.15) is 0 Å². The highest BCUT2D eigenvalue weighted by Gasteiger charge is 2.38. The Balaban J connectivity index is 2.04. The molecule has 1 aliphatic rings. The summed E-state index contributed by atoms with van der Waals surface area (Å²) in [6.07, 6.45) is 3.54. The van der Waals surface area contributed by atoms with E-state index in [0.29, 0.717) is 6.54 Å². The first-order valence-corrected chi connectivity index (χ1v) is 6.23. The fourth-order valence-corrected chi connectivity index (χ4v) is 2.38. The molecule has 0 bridgehead atoms. The Labute approximate surface area is 102 Å². The summed E-state index contributed by atoms with van der Waals surface area (Å²) in [5.41, 5.74) is 7.03. The van der Waals surface area contributed by atoms with Crippen LogP contribution in [0.15, 0.2) is 30.3 Å². The molecule has 0 aliphatic heterocycles. The molecule has 0 radical (unpaired) electrons. The first-order valence-electron chi connectivity index (χ1n) is 6.23. The highest BCUT2D eigenvalue weighted by atomic mass is 16.2. The van der Waals surface area contributed by atoms with Crippen molar-refractivity contribution in [1.82, 2.24) is 5.32 Å². The van der Waals surface area contributed by atoms with Crippen LogP contribution in [0.4, 0.5) is 0 Å². The van der Waals surface area contributed by atoms with Crippen LogP contribution in [0.3, 0.4) is 0 Å². The molecular weight excluding hydrogens is 212 g/mol. The average Bonchev–Trinajstić information content (AvgIpc) is 2.28. The van der Waals surface area contributed by atoms with Crippen molar-refractivity contribution in [3.8, 4) is 0 Å². The minimum absolute atomic E-state index is 0.0628. The van der Waals surface area contributed by atoms with Crippen molar-refractivity contribution in [2.75, 3.05) is 6.54 Å². The maximum absolute atomic E-state index is 11.5. The lowest BCUT2D eigenvalue weighted by atomic mass is 9.64. The molecule has 1 aromatic rings. The summed E-state index contributed by atoms with van der Waals surface area (Å²) in [5.74, 6) is -0.0628. The summed E-state index contributed by atoms with van der Waals surface area (Å²) in [6, 6.07) is 10.0. The van der Waals surface area contributed by atoms with Gasteiger partial charge in [0.25, 0.3) is 0 Å². The third-order valence-electron chi connectivity index (χ3n) is 3.71. The molecule has 2 rings (SSSR count). The molecule has 92 valence electrons. The lowest BCUT2D eigenvalue weighted by Crippen LogP contribution is -2.48. The normalized spacial score (nSPS) is 19.2. The van der Waals surface area contributed by atoms with E-state index in [0.717, 1.165) is 12.8 Å². The lowest BCUT2D eigenvalue weighted by molar-refractivity contribution is -0.122. The predicted molar refractivity (Wildman–Crippen MR) is 68.6 cm³/mol. The standard InChI is InChI=1S/C14H20N2O/c1-11(15)13(17)16-10-14(8-5-9-14)12-6-3-2-4-7-12/h2-4,6-7,11H,5,8-10,15H2,1H3,(H,16,17)/t11-/m1/s1. The van der Waals surface area contributed by atoms with Gasteiger partial charge in [0.2, 0.25) is 5.91 Å². The summed E-state index contributed by atoms with van der Waals surface area (Å²) in [6.45, 7) is 2.42. The van der Waals surface area contributed by atoms with Gasteiger partial charge in [-0.1, -0.05) is 36.8 Å². The number of benzene rings is 1. The molecule has 1 fully saturated rings.